The van der Waals surface area contributed by atoms with E-state index in [-0.39, 0.29) is 22.3 Å². The molecule has 2 aliphatic heterocycles. The highest BCUT2D eigenvalue weighted by Crippen LogP contribution is 2.51. The number of fused-ring (bicyclic) bond motifs is 2. The van der Waals surface area contributed by atoms with Gasteiger partial charge in [-0.2, -0.15) is 0 Å². The van der Waals surface area contributed by atoms with Gasteiger partial charge in [0.05, 0.1) is 5.56 Å². The Morgan fingerprint density at radius 3 is 2.17 bits per heavy atom. The molecule has 2 aliphatic rings. The van der Waals surface area contributed by atoms with Crippen molar-refractivity contribution in [2.24, 2.45) is 0 Å². The molecular weight excluding hydrogens is 506 g/mol. The topological polar surface area (TPSA) is 107 Å². The van der Waals surface area contributed by atoms with Gasteiger partial charge in [-0.3, -0.25) is 0 Å². The number of benzene rings is 3. The Hall–Kier alpha value is -3.67. The molecule has 2 unspecified atom stereocenters. The zero-order valence-corrected chi connectivity index (χ0v) is 21.2. The van der Waals surface area contributed by atoms with E-state index in [4.69, 9.17) is 27.1 Å². The molecule has 0 radical (unpaired) electrons. The molecular formula is C25H20O9P2. The summed E-state index contributed by atoms with van der Waals surface area (Å²) in [5, 5.41) is 0. The molecule has 3 aromatic carbocycles. The Morgan fingerprint density at radius 2 is 1.42 bits per heavy atom. The van der Waals surface area contributed by atoms with Crippen molar-refractivity contribution in [1.29, 1.82) is 0 Å². The minimum Gasteiger partial charge on any atom is -0.408 e. The van der Waals surface area contributed by atoms with Gasteiger partial charge in [0.25, 0.3) is 0 Å². The lowest BCUT2D eigenvalue weighted by Gasteiger charge is -2.28. The van der Waals surface area contributed by atoms with Crippen molar-refractivity contribution in [3.63, 3.8) is 0 Å². The fourth-order valence-electron chi connectivity index (χ4n) is 3.46. The highest BCUT2D eigenvalue weighted by atomic mass is 31.2. The van der Waals surface area contributed by atoms with Crippen molar-refractivity contribution in [1.82, 2.24) is 0 Å². The van der Waals surface area contributed by atoms with Gasteiger partial charge in [0.1, 0.15) is 28.4 Å². The van der Waals surface area contributed by atoms with E-state index in [1.807, 2.05) is 26.8 Å². The molecule has 11 heteroatoms. The van der Waals surface area contributed by atoms with Crippen molar-refractivity contribution in [2.45, 2.75) is 26.2 Å². The smallest absolute Gasteiger partial charge is 0.408 e. The van der Waals surface area contributed by atoms with E-state index >= 15 is 0 Å². The van der Waals surface area contributed by atoms with Crippen LogP contribution in [0.25, 0.3) is 0 Å². The van der Waals surface area contributed by atoms with Gasteiger partial charge in [0, 0.05) is 5.56 Å². The van der Waals surface area contributed by atoms with Crippen LogP contribution in [0.2, 0.25) is 0 Å². The summed E-state index contributed by atoms with van der Waals surface area (Å²) in [5.41, 5.74) is 1.39. The first-order valence-corrected chi connectivity index (χ1v) is 13.0. The minimum atomic E-state index is -2.23. The summed E-state index contributed by atoms with van der Waals surface area (Å²) in [4.78, 5) is 37.1. The number of carbonyl (C=O) groups excluding carboxylic acids is 3. The molecule has 0 N–H and O–H groups in total. The number of hydrogen-bond acceptors (Lipinski definition) is 9. The van der Waals surface area contributed by atoms with Crippen LogP contribution in [0.4, 0.5) is 0 Å². The van der Waals surface area contributed by atoms with Crippen LogP contribution in [0.15, 0.2) is 66.7 Å². The Morgan fingerprint density at radius 1 is 0.750 bits per heavy atom. The van der Waals surface area contributed by atoms with Crippen molar-refractivity contribution in [2.75, 3.05) is 0 Å². The van der Waals surface area contributed by atoms with Gasteiger partial charge in [-0.15, -0.1) is 0 Å². The largest absolute Gasteiger partial charge is 0.535 e. The summed E-state index contributed by atoms with van der Waals surface area (Å²) in [6.45, 7) is 6.06. The number of rotatable bonds is 4. The third-order valence-electron chi connectivity index (χ3n) is 5.23. The molecule has 184 valence electrons. The summed E-state index contributed by atoms with van der Waals surface area (Å²) in [7, 11) is -4.28. The van der Waals surface area contributed by atoms with Crippen molar-refractivity contribution in [3.8, 4) is 17.2 Å². The molecule has 36 heavy (non-hydrogen) atoms. The molecule has 0 aromatic heterocycles. The minimum absolute atomic E-state index is 0.179. The summed E-state index contributed by atoms with van der Waals surface area (Å²) < 4.78 is 32.8. The van der Waals surface area contributed by atoms with E-state index in [1.54, 1.807) is 36.4 Å². The molecule has 0 saturated carbocycles. The first kappa shape index (κ1) is 24.0. The Balaban J connectivity index is 1.24. The maximum absolute atomic E-state index is 12.5. The van der Waals surface area contributed by atoms with Gasteiger partial charge in [-0.1, -0.05) is 45.0 Å². The van der Waals surface area contributed by atoms with Crippen LogP contribution in [0.5, 0.6) is 17.2 Å². The van der Waals surface area contributed by atoms with Crippen LogP contribution in [-0.2, 0) is 19.0 Å². The van der Waals surface area contributed by atoms with Crippen molar-refractivity contribution >= 4 is 35.1 Å². The van der Waals surface area contributed by atoms with Crippen molar-refractivity contribution in [3.05, 3.63) is 89.0 Å². The van der Waals surface area contributed by atoms with Crippen LogP contribution in [-0.4, -0.2) is 17.9 Å². The zero-order valence-electron chi connectivity index (χ0n) is 19.4. The second-order valence-electron chi connectivity index (χ2n) is 8.81. The van der Waals surface area contributed by atoms with Gasteiger partial charge in [0.15, 0.2) is 0 Å². The molecule has 0 spiro atoms. The van der Waals surface area contributed by atoms with E-state index in [0.717, 1.165) is 5.56 Å². The second kappa shape index (κ2) is 9.41. The lowest BCUT2D eigenvalue weighted by Crippen LogP contribution is -2.20. The third kappa shape index (κ3) is 4.85. The Kier molecular flexibility index (Phi) is 6.29. The summed E-state index contributed by atoms with van der Waals surface area (Å²) >= 11 is 0. The van der Waals surface area contributed by atoms with E-state index < -0.39 is 35.1 Å². The highest BCUT2D eigenvalue weighted by molar-refractivity contribution is 7.43. The summed E-state index contributed by atoms with van der Waals surface area (Å²) in [6.07, 6.45) is 0. The van der Waals surface area contributed by atoms with Crippen molar-refractivity contribution < 1.29 is 41.5 Å². The van der Waals surface area contributed by atoms with Gasteiger partial charge in [-0.25, -0.2) is 14.4 Å². The standard InChI is InChI=1S/C25H20O9P2/c1-25(2,3)19-9-6-8-18-21(19)31-35(34-24(18)28)29-16-13-11-15(12-14-16)22(26)32-36-30-20-10-5-4-7-17(20)23(27)33-36/h4-14H,1-3H3. The van der Waals surface area contributed by atoms with Crippen LogP contribution < -0.4 is 13.6 Å². The molecule has 2 heterocycles. The van der Waals surface area contributed by atoms with Gasteiger partial charge < -0.3 is 27.1 Å². The molecule has 9 nitrogen and oxygen atoms in total. The predicted octanol–water partition coefficient (Wildman–Crippen LogP) is 6.47. The van der Waals surface area contributed by atoms with Crippen LogP contribution in [0, 0.1) is 0 Å². The average molecular weight is 526 g/mol. The maximum atomic E-state index is 12.5. The fraction of sp³-hybridized carbons (Fsp3) is 0.160. The molecule has 0 bridgehead atoms. The van der Waals surface area contributed by atoms with Crippen LogP contribution in [0.3, 0.4) is 0 Å². The number of hydrogen-bond donors (Lipinski definition) is 0. The first-order chi connectivity index (χ1) is 17.2. The molecule has 0 fully saturated rings. The van der Waals surface area contributed by atoms with E-state index in [2.05, 4.69) is 0 Å². The monoisotopic (exact) mass is 526 g/mol. The Labute approximate surface area is 209 Å². The zero-order chi connectivity index (χ0) is 25.4. The highest BCUT2D eigenvalue weighted by Gasteiger charge is 2.36. The molecule has 0 amide bonds. The SMILES string of the molecule is CC(C)(C)c1cccc2c1OP(Oc1ccc(C(=O)OP3OC(=O)c4ccccc4O3)cc1)OC2=O. The quantitative estimate of drug-likeness (QED) is 0.354. The maximum Gasteiger partial charge on any atom is 0.535 e. The fourth-order valence-corrected chi connectivity index (χ4v) is 5.35. The number of carbonyl (C=O) groups is 3. The third-order valence-corrected chi connectivity index (χ3v) is 7.21. The van der Waals surface area contributed by atoms with Gasteiger partial charge in [0.2, 0.25) is 0 Å². The number of para-hydroxylation sites is 2. The molecule has 3 aromatic rings. The average Bonchev–Trinajstić information content (AvgIpc) is 2.83. The lowest BCUT2D eigenvalue weighted by molar-refractivity contribution is 0.0606. The van der Waals surface area contributed by atoms with Crippen LogP contribution >= 0.6 is 17.2 Å². The van der Waals surface area contributed by atoms with E-state index in [9.17, 15) is 14.4 Å². The first-order valence-electron chi connectivity index (χ1n) is 10.8. The summed E-state index contributed by atoms with van der Waals surface area (Å²) in [6, 6.07) is 17.8. The lowest BCUT2D eigenvalue weighted by atomic mass is 9.85. The molecule has 0 aliphatic carbocycles. The van der Waals surface area contributed by atoms with Crippen LogP contribution in [0.1, 0.15) is 57.4 Å². The molecule has 5 rings (SSSR count). The van der Waals surface area contributed by atoms with Gasteiger partial charge >= 0.3 is 35.1 Å². The second-order valence-corrected chi connectivity index (χ2v) is 10.8. The van der Waals surface area contributed by atoms with Gasteiger partial charge in [-0.05, 0) is 47.9 Å². The van der Waals surface area contributed by atoms with E-state index in [1.165, 1.54) is 24.3 Å². The predicted molar refractivity (Wildman–Crippen MR) is 130 cm³/mol. The summed E-state index contributed by atoms with van der Waals surface area (Å²) in [5.74, 6) is -0.841. The molecule has 2 atom stereocenters. The van der Waals surface area contributed by atoms with E-state index in [0.29, 0.717) is 17.1 Å². The Bertz CT molecular complexity index is 1350. The normalized spacial score (nSPS) is 18.4. The molecule has 0 saturated heterocycles.